The number of benzene rings is 1. The molecular formula is C14H17NO. The van der Waals surface area contributed by atoms with Crippen LogP contribution in [0.1, 0.15) is 32.1 Å². The quantitative estimate of drug-likeness (QED) is 0.714. The molecule has 2 nitrogen and oxygen atoms in total. The summed E-state index contributed by atoms with van der Waals surface area (Å²) in [7, 11) is 0. The first kappa shape index (κ1) is 10.9. The minimum atomic E-state index is 0.464. The zero-order valence-corrected chi connectivity index (χ0v) is 9.41. The Kier molecular flexibility index (Phi) is 3.76. The molecule has 1 saturated carbocycles. The van der Waals surface area contributed by atoms with E-state index in [2.05, 4.69) is 23.2 Å². The lowest BCUT2D eigenvalue weighted by atomic mass is 10.00. The standard InChI is InChI=1S/C8H7N.C6H10O/c1-2-4-8-7(3-1)5-6-9-8;7-6-4-2-1-3-5-6/h1-6,9H;1-5H2. The molecule has 0 amide bonds. The Morgan fingerprint density at radius 3 is 2.31 bits per heavy atom. The van der Waals surface area contributed by atoms with Crippen LogP contribution in [0.5, 0.6) is 0 Å². The molecule has 16 heavy (non-hydrogen) atoms. The Hall–Kier alpha value is -1.57. The van der Waals surface area contributed by atoms with Crippen LogP contribution in [0.3, 0.4) is 0 Å². The number of hydrogen-bond donors (Lipinski definition) is 1. The summed E-state index contributed by atoms with van der Waals surface area (Å²) in [6, 6.07) is 10.3. The van der Waals surface area contributed by atoms with Gasteiger partial charge in [-0.05, 0) is 30.4 Å². The van der Waals surface area contributed by atoms with Crippen LogP contribution in [0.15, 0.2) is 36.5 Å². The van der Waals surface area contributed by atoms with E-state index in [1.165, 1.54) is 17.3 Å². The van der Waals surface area contributed by atoms with E-state index in [0.717, 1.165) is 25.7 Å². The van der Waals surface area contributed by atoms with Gasteiger partial charge in [-0.25, -0.2) is 0 Å². The lowest BCUT2D eigenvalue weighted by molar-refractivity contribution is -0.120. The van der Waals surface area contributed by atoms with Gasteiger partial charge in [-0.1, -0.05) is 24.6 Å². The smallest absolute Gasteiger partial charge is 0.132 e. The van der Waals surface area contributed by atoms with Gasteiger partial charge in [0.05, 0.1) is 0 Å². The molecule has 2 aromatic rings. The highest BCUT2D eigenvalue weighted by molar-refractivity contribution is 5.79. The number of H-pyrrole nitrogens is 1. The number of para-hydroxylation sites is 1. The predicted octanol–water partition coefficient (Wildman–Crippen LogP) is 3.69. The van der Waals surface area contributed by atoms with Crippen molar-refractivity contribution in [1.82, 2.24) is 4.98 Å². The summed E-state index contributed by atoms with van der Waals surface area (Å²) in [5, 5.41) is 1.28. The monoisotopic (exact) mass is 215 g/mol. The fourth-order valence-electron chi connectivity index (χ4n) is 1.94. The summed E-state index contributed by atoms with van der Waals surface area (Å²) < 4.78 is 0. The number of aromatic amines is 1. The van der Waals surface area contributed by atoms with Crippen molar-refractivity contribution in [2.24, 2.45) is 0 Å². The zero-order valence-electron chi connectivity index (χ0n) is 9.41. The van der Waals surface area contributed by atoms with Crippen LogP contribution in [0, 0.1) is 0 Å². The number of carbonyl (C=O) groups is 1. The van der Waals surface area contributed by atoms with Gasteiger partial charge in [0.1, 0.15) is 5.78 Å². The maximum Gasteiger partial charge on any atom is 0.132 e. The van der Waals surface area contributed by atoms with E-state index in [-0.39, 0.29) is 0 Å². The van der Waals surface area contributed by atoms with Crippen molar-refractivity contribution in [2.75, 3.05) is 0 Å². The van der Waals surface area contributed by atoms with Crippen molar-refractivity contribution in [3.05, 3.63) is 36.5 Å². The van der Waals surface area contributed by atoms with E-state index in [1.54, 1.807) is 0 Å². The first-order valence-corrected chi connectivity index (χ1v) is 5.90. The minimum absolute atomic E-state index is 0.464. The molecule has 0 bridgehead atoms. The number of ketones is 1. The van der Waals surface area contributed by atoms with Gasteiger partial charge in [-0.2, -0.15) is 0 Å². The van der Waals surface area contributed by atoms with Crippen LogP contribution < -0.4 is 0 Å². The number of fused-ring (bicyclic) bond motifs is 1. The summed E-state index contributed by atoms with van der Waals surface area (Å²) in [5.41, 5.74) is 1.21. The number of aromatic nitrogens is 1. The fourth-order valence-corrected chi connectivity index (χ4v) is 1.94. The van der Waals surface area contributed by atoms with E-state index in [4.69, 9.17) is 0 Å². The SMILES string of the molecule is O=C1CCCCC1.c1ccc2[nH]ccc2c1. The second-order valence-electron chi connectivity index (χ2n) is 4.16. The number of hydrogen-bond acceptors (Lipinski definition) is 1. The Bertz CT molecular complexity index is 420. The third kappa shape index (κ3) is 2.96. The molecule has 0 saturated heterocycles. The molecule has 3 rings (SSSR count). The van der Waals surface area contributed by atoms with Gasteiger partial charge in [-0.15, -0.1) is 0 Å². The second kappa shape index (κ2) is 5.50. The van der Waals surface area contributed by atoms with Gasteiger partial charge in [0.2, 0.25) is 0 Å². The molecule has 1 aromatic carbocycles. The minimum Gasteiger partial charge on any atom is -0.361 e. The molecule has 1 aromatic heterocycles. The summed E-state index contributed by atoms with van der Waals surface area (Å²) in [6.45, 7) is 0. The summed E-state index contributed by atoms with van der Waals surface area (Å²) in [5.74, 6) is 0.464. The van der Waals surface area contributed by atoms with Gasteiger partial charge in [0.15, 0.2) is 0 Å². The maximum atomic E-state index is 10.5. The van der Waals surface area contributed by atoms with Gasteiger partial charge in [-0.3, -0.25) is 4.79 Å². The molecule has 0 atom stereocenters. The fraction of sp³-hybridized carbons (Fsp3) is 0.357. The van der Waals surface area contributed by atoms with Crippen LogP contribution in [0.25, 0.3) is 10.9 Å². The summed E-state index contributed by atoms with van der Waals surface area (Å²) in [4.78, 5) is 13.6. The molecule has 0 radical (unpaired) electrons. The van der Waals surface area contributed by atoms with E-state index in [0.29, 0.717) is 5.78 Å². The molecule has 1 N–H and O–H groups in total. The molecule has 1 heterocycles. The van der Waals surface area contributed by atoms with Crippen LogP contribution in [0.2, 0.25) is 0 Å². The molecule has 0 aliphatic heterocycles. The third-order valence-corrected chi connectivity index (χ3v) is 2.87. The average molecular weight is 215 g/mol. The number of nitrogens with one attached hydrogen (secondary N) is 1. The number of carbonyl (C=O) groups excluding carboxylic acids is 1. The first-order chi connectivity index (χ1) is 7.86. The predicted molar refractivity (Wildman–Crippen MR) is 66.4 cm³/mol. The lowest BCUT2D eigenvalue weighted by Gasteiger charge is -2.05. The van der Waals surface area contributed by atoms with Crippen LogP contribution in [-0.4, -0.2) is 10.8 Å². The zero-order chi connectivity index (χ0) is 11.2. The molecule has 1 fully saturated rings. The van der Waals surface area contributed by atoms with Crippen molar-refractivity contribution < 1.29 is 4.79 Å². The third-order valence-electron chi connectivity index (χ3n) is 2.87. The number of rotatable bonds is 0. The van der Waals surface area contributed by atoms with Crippen molar-refractivity contribution in [3.63, 3.8) is 0 Å². The average Bonchev–Trinajstić information content (AvgIpc) is 2.79. The van der Waals surface area contributed by atoms with Gasteiger partial charge < -0.3 is 4.98 Å². The summed E-state index contributed by atoms with van der Waals surface area (Å²) >= 11 is 0. The van der Waals surface area contributed by atoms with E-state index in [1.807, 2.05) is 18.3 Å². The van der Waals surface area contributed by atoms with Gasteiger partial charge in [0.25, 0.3) is 0 Å². The Morgan fingerprint density at radius 2 is 1.69 bits per heavy atom. The summed E-state index contributed by atoms with van der Waals surface area (Å²) in [6.07, 6.45) is 7.19. The largest absolute Gasteiger partial charge is 0.361 e. The molecule has 1 aliphatic carbocycles. The van der Waals surface area contributed by atoms with Crippen LogP contribution >= 0.6 is 0 Å². The van der Waals surface area contributed by atoms with Crippen LogP contribution in [0.4, 0.5) is 0 Å². The van der Waals surface area contributed by atoms with Crippen molar-refractivity contribution in [2.45, 2.75) is 32.1 Å². The highest BCUT2D eigenvalue weighted by atomic mass is 16.1. The Labute approximate surface area is 95.7 Å². The lowest BCUT2D eigenvalue weighted by Crippen LogP contribution is -2.02. The van der Waals surface area contributed by atoms with Gasteiger partial charge in [0, 0.05) is 24.6 Å². The molecular weight excluding hydrogens is 198 g/mol. The molecule has 0 unspecified atom stereocenters. The van der Waals surface area contributed by atoms with Crippen molar-refractivity contribution in [1.29, 1.82) is 0 Å². The van der Waals surface area contributed by atoms with Crippen molar-refractivity contribution >= 4 is 16.7 Å². The highest BCUT2D eigenvalue weighted by Crippen LogP contribution is 2.12. The Balaban J connectivity index is 0.000000125. The highest BCUT2D eigenvalue weighted by Gasteiger charge is 2.05. The van der Waals surface area contributed by atoms with E-state index >= 15 is 0 Å². The molecule has 1 aliphatic rings. The van der Waals surface area contributed by atoms with E-state index < -0.39 is 0 Å². The van der Waals surface area contributed by atoms with Crippen LogP contribution in [-0.2, 0) is 4.79 Å². The van der Waals surface area contributed by atoms with E-state index in [9.17, 15) is 4.79 Å². The topological polar surface area (TPSA) is 32.9 Å². The molecule has 84 valence electrons. The normalized spacial score (nSPS) is 15.6. The Morgan fingerprint density at radius 1 is 0.938 bits per heavy atom. The van der Waals surface area contributed by atoms with Gasteiger partial charge >= 0.3 is 0 Å². The number of Topliss-reactive ketones (excluding diaryl/α,β-unsaturated/α-hetero) is 1. The molecule has 0 spiro atoms. The maximum absolute atomic E-state index is 10.5. The first-order valence-electron chi connectivity index (χ1n) is 5.90. The second-order valence-corrected chi connectivity index (χ2v) is 4.16. The van der Waals surface area contributed by atoms with Crippen molar-refractivity contribution in [3.8, 4) is 0 Å². The molecule has 2 heteroatoms.